The third kappa shape index (κ3) is 4.00. The predicted octanol–water partition coefficient (Wildman–Crippen LogP) is 1.72. The minimum absolute atomic E-state index is 0.0217. The second-order valence-corrected chi connectivity index (χ2v) is 6.53. The molecule has 0 bridgehead atoms. The number of nitrogens with zero attached hydrogens (tertiary/aromatic N) is 3. The van der Waals surface area contributed by atoms with Gasteiger partial charge in [0.1, 0.15) is 6.33 Å². The average Bonchev–Trinajstić information content (AvgIpc) is 2.91. The summed E-state index contributed by atoms with van der Waals surface area (Å²) in [6, 6.07) is 0.119. The van der Waals surface area contributed by atoms with Gasteiger partial charge in [-0.05, 0) is 31.3 Å². The van der Waals surface area contributed by atoms with Crippen LogP contribution in [0.1, 0.15) is 44.0 Å². The molecule has 5 nitrogen and oxygen atoms in total. The lowest BCUT2D eigenvalue weighted by Crippen LogP contribution is -2.50. The Kier molecular flexibility index (Phi) is 4.70. The smallest absolute Gasteiger partial charge is 0.254 e. The largest absolute Gasteiger partial charge is 0.347 e. The van der Waals surface area contributed by atoms with Gasteiger partial charge in [-0.25, -0.2) is 9.97 Å². The van der Waals surface area contributed by atoms with Crippen molar-refractivity contribution < 1.29 is 4.79 Å². The molecule has 2 rings (SSSR count). The van der Waals surface area contributed by atoms with Crippen LogP contribution in [-0.2, 0) is 0 Å². The van der Waals surface area contributed by atoms with Crippen LogP contribution in [0.15, 0.2) is 18.7 Å². The Balaban J connectivity index is 2.02. The van der Waals surface area contributed by atoms with Crippen molar-refractivity contribution in [3.63, 3.8) is 0 Å². The van der Waals surface area contributed by atoms with Crippen LogP contribution < -0.4 is 5.32 Å². The number of nitrogens with one attached hydrogen (secondary N) is 1. The topological polar surface area (TPSA) is 58.1 Å². The van der Waals surface area contributed by atoms with E-state index in [0.717, 1.165) is 19.6 Å². The number of hydrogen-bond acceptors (Lipinski definition) is 4. The number of carbonyl (C=O) groups is 1. The standard InChI is InChI=1S/C15H24N4O/c1-15(2,3)13(10-19-6-4-5-7-19)18-14(20)12-8-16-11-17-9-12/h8-9,11,13H,4-7,10H2,1-3H3,(H,18,20)/t13-/m1/s1. The van der Waals surface area contributed by atoms with Crippen molar-refractivity contribution in [2.24, 2.45) is 5.41 Å². The highest BCUT2D eigenvalue weighted by Crippen LogP contribution is 2.22. The van der Waals surface area contributed by atoms with Gasteiger partial charge in [-0.1, -0.05) is 20.8 Å². The maximum atomic E-state index is 12.3. The van der Waals surface area contributed by atoms with Gasteiger partial charge in [0.15, 0.2) is 0 Å². The third-order valence-electron chi connectivity index (χ3n) is 3.81. The van der Waals surface area contributed by atoms with Crippen LogP contribution in [0.4, 0.5) is 0 Å². The third-order valence-corrected chi connectivity index (χ3v) is 3.81. The normalized spacial score (nSPS) is 17.9. The predicted molar refractivity (Wildman–Crippen MR) is 78.4 cm³/mol. The molecule has 1 aromatic rings. The number of likely N-dealkylation sites (tertiary alicyclic amines) is 1. The van der Waals surface area contributed by atoms with Gasteiger partial charge in [0.2, 0.25) is 0 Å². The molecule has 1 atom stereocenters. The van der Waals surface area contributed by atoms with E-state index in [1.165, 1.54) is 19.2 Å². The molecule has 1 aliphatic heterocycles. The molecule has 20 heavy (non-hydrogen) atoms. The summed E-state index contributed by atoms with van der Waals surface area (Å²) in [5, 5.41) is 3.14. The first-order valence-corrected chi connectivity index (χ1v) is 7.25. The lowest BCUT2D eigenvalue weighted by molar-refractivity contribution is 0.0877. The van der Waals surface area contributed by atoms with Crippen LogP contribution >= 0.6 is 0 Å². The summed E-state index contributed by atoms with van der Waals surface area (Å²) < 4.78 is 0. The van der Waals surface area contributed by atoms with Crippen molar-refractivity contribution in [2.45, 2.75) is 39.7 Å². The molecule has 0 unspecified atom stereocenters. The van der Waals surface area contributed by atoms with Gasteiger partial charge in [-0.2, -0.15) is 0 Å². The van der Waals surface area contributed by atoms with Gasteiger partial charge >= 0.3 is 0 Å². The quantitative estimate of drug-likeness (QED) is 0.909. The average molecular weight is 276 g/mol. The fourth-order valence-electron chi connectivity index (χ4n) is 2.42. The van der Waals surface area contributed by atoms with E-state index in [0.29, 0.717) is 5.56 Å². The van der Waals surface area contributed by atoms with Crippen molar-refractivity contribution >= 4 is 5.91 Å². The van der Waals surface area contributed by atoms with Gasteiger partial charge in [0.05, 0.1) is 5.56 Å². The molecular weight excluding hydrogens is 252 g/mol. The molecule has 0 radical (unpaired) electrons. The minimum atomic E-state index is -0.0929. The summed E-state index contributed by atoms with van der Waals surface area (Å²) in [6.45, 7) is 9.66. The van der Waals surface area contributed by atoms with Gasteiger partial charge in [0.25, 0.3) is 5.91 Å². The fraction of sp³-hybridized carbons (Fsp3) is 0.667. The molecule has 5 heteroatoms. The molecule has 1 aromatic heterocycles. The van der Waals surface area contributed by atoms with Crippen molar-refractivity contribution in [3.05, 3.63) is 24.3 Å². The summed E-state index contributed by atoms with van der Waals surface area (Å²) in [5.74, 6) is -0.0929. The summed E-state index contributed by atoms with van der Waals surface area (Å²) in [6.07, 6.45) is 7.06. The van der Waals surface area contributed by atoms with Gasteiger partial charge in [-0.3, -0.25) is 4.79 Å². The zero-order chi connectivity index (χ0) is 14.6. The Morgan fingerprint density at radius 1 is 1.30 bits per heavy atom. The van der Waals surface area contributed by atoms with Crippen LogP contribution in [0.5, 0.6) is 0 Å². The molecule has 1 aliphatic rings. The highest BCUT2D eigenvalue weighted by Gasteiger charge is 2.29. The second-order valence-electron chi connectivity index (χ2n) is 6.53. The molecule has 1 N–H and O–H groups in total. The first-order valence-electron chi connectivity index (χ1n) is 7.25. The van der Waals surface area contributed by atoms with E-state index >= 15 is 0 Å². The highest BCUT2D eigenvalue weighted by atomic mass is 16.1. The Bertz CT molecular complexity index is 435. The summed E-state index contributed by atoms with van der Waals surface area (Å²) in [5.41, 5.74) is 0.539. The molecule has 1 saturated heterocycles. The molecule has 0 spiro atoms. The zero-order valence-corrected chi connectivity index (χ0v) is 12.6. The van der Waals surface area contributed by atoms with Crippen molar-refractivity contribution in [1.82, 2.24) is 20.2 Å². The first kappa shape index (κ1) is 14.9. The zero-order valence-electron chi connectivity index (χ0n) is 12.6. The number of carbonyl (C=O) groups excluding carboxylic acids is 1. The molecule has 2 heterocycles. The van der Waals surface area contributed by atoms with E-state index in [-0.39, 0.29) is 17.4 Å². The van der Waals surface area contributed by atoms with Crippen LogP contribution in [-0.4, -0.2) is 46.5 Å². The lowest BCUT2D eigenvalue weighted by Gasteiger charge is -2.34. The SMILES string of the molecule is CC(C)(C)[C@@H](CN1CCCC1)NC(=O)c1cncnc1. The summed E-state index contributed by atoms with van der Waals surface area (Å²) in [4.78, 5) is 22.5. The maximum Gasteiger partial charge on any atom is 0.254 e. The van der Waals surface area contributed by atoms with Crippen molar-refractivity contribution in [3.8, 4) is 0 Å². The van der Waals surface area contributed by atoms with Crippen LogP contribution in [0, 0.1) is 5.41 Å². The monoisotopic (exact) mass is 276 g/mol. The Morgan fingerprint density at radius 3 is 2.45 bits per heavy atom. The molecule has 1 amide bonds. The Hall–Kier alpha value is -1.49. The van der Waals surface area contributed by atoms with Crippen molar-refractivity contribution in [1.29, 1.82) is 0 Å². The molecule has 0 saturated carbocycles. The van der Waals surface area contributed by atoms with E-state index in [2.05, 4.69) is 41.0 Å². The summed E-state index contributed by atoms with van der Waals surface area (Å²) >= 11 is 0. The van der Waals surface area contributed by atoms with E-state index in [4.69, 9.17) is 0 Å². The molecule has 0 aliphatic carbocycles. The molecule has 1 fully saturated rings. The molecule has 110 valence electrons. The number of aromatic nitrogens is 2. The maximum absolute atomic E-state index is 12.3. The van der Waals surface area contributed by atoms with Crippen LogP contribution in [0.2, 0.25) is 0 Å². The van der Waals surface area contributed by atoms with Crippen molar-refractivity contribution in [2.75, 3.05) is 19.6 Å². The minimum Gasteiger partial charge on any atom is -0.347 e. The molecular formula is C15H24N4O. The first-order chi connectivity index (χ1) is 9.47. The number of rotatable bonds is 4. The second kappa shape index (κ2) is 6.31. The fourth-order valence-corrected chi connectivity index (χ4v) is 2.42. The number of hydrogen-bond donors (Lipinski definition) is 1. The Morgan fingerprint density at radius 2 is 1.90 bits per heavy atom. The van der Waals surface area contributed by atoms with E-state index in [1.807, 2.05) is 0 Å². The van der Waals surface area contributed by atoms with Gasteiger partial charge < -0.3 is 10.2 Å². The summed E-state index contributed by atoms with van der Waals surface area (Å²) in [7, 11) is 0. The highest BCUT2D eigenvalue weighted by molar-refractivity contribution is 5.93. The van der Waals surface area contributed by atoms with E-state index in [1.54, 1.807) is 12.4 Å². The van der Waals surface area contributed by atoms with E-state index < -0.39 is 0 Å². The van der Waals surface area contributed by atoms with Gasteiger partial charge in [0, 0.05) is 25.0 Å². The van der Waals surface area contributed by atoms with Crippen LogP contribution in [0.3, 0.4) is 0 Å². The van der Waals surface area contributed by atoms with E-state index in [9.17, 15) is 4.79 Å². The molecule has 0 aromatic carbocycles. The van der Waals surface area contributed by atoms with Gasteiger partial charge in [-0.15, -0.1) is 0 Å². The number of amides is 1. The van der Waals surface area contributed by atoms with Crippen LogP contribution in [0.25, 0.3) is 0 Å². The lowest BCUT2D eigenvalue weighted by atomic mass is 9.86. The Labute approximate surface area is 120 Å².